The fourth-order valence-corrected chi connectivity index (χ4v) is 1.55. The van der Waals surface area contributed by atoms with E-state index < -0.39 is 0 Å². The van der Waals surface area contributed by atoms with Gasteiger partial charge in [0.1, 0.15) is 6.61 Å². The zero-order valence-corrected chi connectivity index (χ0v) is 10.3. The van der Waals surface area contributed by atoms with Crippen molar-refractivity contribution >= 4 is 5.71 Å². The van der Waals surface area contributed by atoms with Gasteiger partial charge in [0.05, 0.1) is 5.71 Å². The van der Waals surface area contributed by atoms with Crippen LogP contribution < -0.4 is 0 Å². The van der Waals surface area contributed by atoms with E-state index >= 15 is 0 Å². The highest BCUT2D eigenvalue weighted by atomic mass is 16.6. The minimum atomic E-state index is 0.0411. The van der Waals surface area contributed by atoms with E-state index in [4.69, 9.17) is 4.84 Å². The molecule has 0 bridgehead atoms. The van der Waals surface area contributed by atoms with Crippen LogP contribution in [0.5, 0.6) is 0 Å². The molecule has 0 unspecified atom stereocenters. The Balaban J connectivity index is 4.74. The number of rotatable bonds is 3. The molecule has 0 aliphatic rings. The van der Waals surface area contributed by atoms with Crippen molar-refractivity contribution in [1.82, 2.24) is 0 Å². The van der Waals surface area contributed by atoms with Crippen LogP contribution >= 0.6 is 0 Å². The summed E-state index contributed by atoms with van der Waals surface area (Å²) < 4.78 is 0. The van der Waals surface area contributed by atoms with Gasteiger partial charge in [0.25, 0.3) is 0 Å². The van der Waals surface area contributed by atoms with Crippen LogP contribution in [0.1, 0.15) is 41.5 Å². The first kappa shape index (κ1) is 13.2. The number of oxime groups is 1. The van der Waals surface area contributed by atoms with Crippen molar-refractivity contribution in [1.29, 1.82) is 0 Å². The minimum Gasteiger partial charge on any atom is -0.392 e. The van der Waals surface area contributed by atoms with Crippen molar-refractivity contribution in [3.63, 3.8) is 0 Å². The lowest BCUT2D eigenvalue weighted by Crippen LogP contribution is -2.33. The fraction of sp³-hybridized carbons (Fsp3) is 0.750. The minimum absolute atomic E-state index is 0.0411. The molecule has 0 aliphatic carbocycles. The van der Waals surface area contributed by atoms with Crippen molar-refractivity contribution in [3.05, 3.63) is 12.7 Å². The van der Waals surface area contributed by atoms with E-state index in [1.54, 1.807) is 6.08 Å². The summed E-state index contributed by atoms with van der Waals surface area (Å²) in [5.41, 5.74) is 1.16. The van der Waals surface area contributed by atoms with Gasteiger partial charge in [-0.15, -0.1) is 0 Å². The zero-order valence-electron chi connectivity index (χ0n) is 10.3. The van der Waals surface area contributed by atoms with E-state index in [2.05, 4.69) is 53.3 Å². The fourth-order valence-electron chi connectivity index (χ4n) is 1.55. The van der Waals surface area contributed by atoms with Crippen LogP contribution in [0.4, 0.5) is 0 Å². The monoisotopic (exact) mass is 197 g/mol. The standard InChI is InChI=1S/C12H23NO/c1-8-9-14-13-10(11(2,3)4)12(5,6)7/h8H,1,9H2,2-7H3. The Morgan fingerprint density at radius 3 is 1.86 bits per heavy atom. The molecule has 0 heterocycles. The highest BCUT2D eigenvalue weighted by Crippen LogP contribution is 2.30. The number of hydrogen-bond donors (Lipinski definition) is 0. The van der Waals surface area contributed by atoms with E-state index in [0.29, 0.717) is 6.61 Å². The highest BCUT2D eigenvalue weighted by molar-refractivity contribution is 5.93. The van der Waals surface area contributed by atoms with Crippen molar-refractivity contribution < 1.29 is 4.84 Å². The summed E-state index contributed by atoms with van der Waals surface area (Å²) in [5.74, 6) is 0. The van der Waals surface area contributed by atoms with E-state index in [1.165, 1.54) is 0 Å². The summed E-state index contributed by atoms with van der Waals surface area (Å²) in [6.07, 6.45) is 1.70. The van der Waals surface area contributed by atoms with Gasteiger partial charge in [-0.05, 0) is 0 Å². The second kappa shape index (κ2) is 4.63. The molecule has 0 radical (unpaired) electrons. The molecule has 0 atom stereocenters. The second-order valence-electron chi connectivity index (χ2n) is 5.52. The number of hydrogen-bond acceptors (Lipinski definition) is 2. The maximum Gasteiger partial charge on any atom is 0.135 e. The van der Waals surface area contributed by atoms with Gasteiger partial charge in [-0.3, -0.25) is 0 Å². The third-order valence-electron chi connectivity index (χ3n) is 1.77. The molecule has 0 fully saturated rings. The Kier molecular flexibility index (Phi) is 4.37. The largest absolute Gasteiger partial charge is 0.392 e. The molecule has 0 aromatic carbocycles. The van der Waals surface area contributed by atoms with Gasteiger partial charge in [0, 0.05) is 10.8 Å². The summed E-state index contributed by atoms with van der Waals surface area (Å²) in [6, 6.07) is 0. The van der Waals surface area contributed by atoms with E-state index in [0.717, 1.165) is 5.71 Å². The lowest BCUT2D eigenvalue weighted by atomic mass is 9.75. The van der Waals surface area contributed by atoms with Crippen LogP contribution in [0, 0.1) is 10.8 Å². The van der Waals surface area contributed by atoms with Gasteiger partial charge in [-0.2, -0.15) is 0 Å². The van der Waals surface area contributed by atoms with Crippen LogP contribution in [0.2, 0.25) is 0 Å². The first-order valence-corrected chi connectivity index (χ1v) is 5.01. The molecule has 0 aliphatic heterocycles. The van der Waals surface area contributed by atoms with Crippen LogP contribution in [0.3, 0.4) is 0 Å². The highest BCUT2D eigenvalue weighted by Gasteiger charge is 2.30. The Hall–Kier alpha value is -0.790. The van der Waals surface area contributed by atoms with Gasteiger partial charge in [0.15, 0.2) is 0 Å². The van der Waals surface area contributed by atoms with Gasteiger partial charge in [-0.1, -0.05) is 59.4 Å². The van der Waals surface area contributed by atoms with Crippen molar-refractivity contribution in [2.24, 2.45) is 16.0 Å². The molecule has 2 nitrogen and oxygen atoms in total. The Bertz CT molecular complexity index is 199. The normalized spacial score (nSPS) is 12.1. The Morgan fingerprint density at radius 1 is 1.14 bits per heavy atom. The van der Waals surface area contributed by atoms with Gasteiger partial charge in [-0.25, -0.2) is 0 Å². The molecule has 0 spiro atoms. The quantitative estimate of drug-likeness (QED) is 0.293. The van der Waals surface area contributed by atoms with E-state index in [1.807, 2.05) is 0 Å². The van der Waals surface area contributed by atoms with Crippen molar-refractivity contribution in [2.75, 3.05) is 6.61 Å². The average molecular weight is 197 g/mol. The maximum atomic E-state index is 5.17. The SMILES string of the molecule is C=CCON=C(C(C)(C)C)C(C)(C)C. The second-order valence-corrected chi connectivity index (χ2v) is 5.52. The molecule has 0 saturated carbocycles. The van der Waals surface area contributed by atoms with Crippen molar-refractivity contribution in [3.8, 4) is 0 Å². The Labute approximate surface area is 88.0 Å². The van der Waals surface area contributed by atoms with Gasteiger partial charge >= 0.3 is 0 Å². The molecule has 14 heavy (non-hydrogen) atoms. The van der Waals surface area contributed by atoms with Crippen LogP contribution in [-0.2, 0) is 4.84 Å². The number of nitrogens with zero attached hydrogens (tertiary/aromatic N) is 1. The van der Waals surface area contributed by atoms with Crippen LogP contribution in [0.15, 0.2) is 17.8 Å². The third kappa shape index (κ3) is 4.45. The average Bonchev–Trinajstić information content (AvgIpc) is 1.92. The van der Waals surface area contributed by atoms with Crippen LogP contribution in [-0.4, -0.2) is 12.3 Å². The molecule has 0 rings (SSSR count). The maximum absolute atomic E-state index is 5.17. The van der Waals surface area contributed by atoms with E-state index in [9.17, 15) is 0 Å². The molecule has 0 aromatic rings. The molecular weight excluding hydrogens is 174 g/mol. The van der Waals surface area contributed by atoms with Gasteiger partial charge < -0.3 is 4.84 Å². The summed E-state index contributed by atoms with van der Waals surface area (Å²) in [4.78, 5) is 5.17. The molecule has 0 amide bonds. The lowest BCUT2D eigenvalue weighted by Gasteiger charge is -2.31. The smallest absolute Gasteiger partial charge is 0.135 e. The van der Waals surface area contributed by atoms with Gasteiger partial charge in [0.2, 0.25) is 0 Å². The summed E-state index contributed by atoms with van der Waals surface area (Å²) in [7, 11) is 0. The summed E-state index contributed by atoms with van der Waals surface area (Å²) in [6.45, 7) is 16.9. The van der Waals surface area contributed by atoms with Crippen molar-refractivity contribution in [2.45, 2.75) is 41.5 Å². The Morgan fingerprint density at radius 2 is 1.57 bits per heavy atom. The molecule has 0 N–H and O–H groups in total. The lowest BCUT2D eigenvalue weighted by molar-refractivity contribution is 0.166. The predicted molar refractivity (Wildman–Crippen MR) is 62.5 cm³/mol. The molecular formula is C12H23NO. The molecule has 2 heteroatoms. The first-order chi connectivity index (χ1) is 6.19. The first-order valence-electron chi connectivity index (χ1n) is 5.01. The molecule has 0 aromatic heterocycles. The summed E-state index contributed by atoms with van der Waals surface area (Å²) >= 11 is 0. The zero-order chi connectivity index (χ0) is 11.4. The summed E-state index contributed by atoms with van der Waals surface area (Å²) in [5, 5.41) is 4.20. The predicted octanol–water partition coefficient (Wildman–Crippen LogP) is 3.64. The van der Waals surface area contributed by atoms with E-state index in [-0.39, 0.29) is 10.8 Å². The molecule has 82 valence electrons. The van der Waals surface area contributed by atoms with Crippen LogP contribution in [0.25, 0.3) is 0 Å². The topological polar surface area (TPSA) is 21.6 Å². The molecule has 0 saturated heterocycles. The third-order valence-corrected chi connectivity index (χ3v) is 1.77.